The lowest BCUT2D eigenvalue weighted by Gasteiger charge is -2.10. The number of aromatic nitrogens is 1. The lowest BCUT2D eigenvalue weighted by atomic mass is 10.0. The van der Waals surface area contributed by atoms with Crippen LogP contribution in [0.15, 0.2) is 66.7 Å². The molecule has 0 bridgehead atoms. The highest BCUT2D eigenvalue weighted by atomic mass is 32.1. The second kappa shape index (κ2) is 9.66. The van der Waals surface area contributed by atoms with Crippen molar-refractivity contribution >= 4 is 44.2 Å². The quantitative estimate of drug-likeness (QED) is 0.278. The normalized spacial score (nSPS) is 11.4. The monoisotopic (exact) mass is 444 g/mol. The predicted octanol–water partition coefficient (Wildman–Crippen LogP) is 6.06. The van der Waals surface area contributed by atoms with Gasteiger partial charge in [-0.3, -0.25) is 10.1 Å². The van der Waals surface area contributed by atoms with E-state index in [-0.39, 0.29) is 5.91 Å². The van der Waals surface area contributed by atoms with Crippen LogP contribution in [0.4, 0.5) is 5.13 Å². The van der Waals surface area contributed by atoms with Crippen molar-refractivity contribution in [2.24, 2.45) is 0 Å². The Kier molecular flexibility index (Phi) is 6.52. The number of hydrogen-bond acceptors (Lipinski definition) is 5. The van der Waals surface area contributed by atoms with Gasteiger partial charge in [-0.1, -0.05) is 60.7 Å². The third-order valence-electron chi connectivity index (χ3n) is 5.13. The van der Waals surface area contributed by atoms with Crippen LogP contribution >= 0.6 is 11.3 Å². The van der Waals surface area contributed by atoms with Crippen LogP contribution < -0.4 is 14.8 Å². The summed E-state index contributed by atoms with van der Waals surface area (Å²) in [5.41, 5.74) is 4.30. The summed E-state index contributed by atoms with van der Waals surface area (Å²) in [5, 5.41) is 3.56. The maximum Gasteiger partial charge on any atom is 0.258 e. The molecule has 1 N–H and O–H groups in total. The van der Waals surface area contributed by atoms with Gasteiger partial charge in [-0.15, -0.1) is 0 Å². The van der Waals surface area contributed by atoms with Crippen molar-refractivity contribution in [1.29, 1.82) is 0 Å². The van der Waals surface area contributed by atoms with Gasteiger partial charge >= 0.3 is 0 Å². The first-order valence-corrected chi connectivity index (χ1v) is 11.1. The van der Waals surface area contributed by atoms with Gasteiger partial charge in [0, 0.05) is 5.57 Å². The SMILES string of the molecule is CCc1ccc2nc(NC(=O)/C(=C/c3ccc(OC)c(OC)c3)c3ccccc3)sc2c1. The fraction of sp³-hybridized carbons (Fsp3) is 0.154. The molecule has 0 aliphatic carbocycles. The molecule has 0 saturated heterocycles. The summed E-state index contributed by atoms with van der Waals surface area (Å²) < 4.78 is 11.8. The molecule has 0 aliphatic rings. The summed E-state index contributed by atoms with van der Waals surface area (Å²) in [5.74, 6) is 1.02. The molecule has 0 atom stereocenters. The molecule has 32 heavy (non-hydrogen) atoms. The number of ether oxygens (including phenoxy) is 2. The topological polar surface area (TPSA) is 60.5 Å². The lowest BCUT2D eigenvalue weighted by molar-refractivity contribution is -0.111. The Morgan fingerprint density at radius 3 is 2.50 bits per heavy atom. The van der Waals surface area contributed by atoms with Crippen LogP contribution in [-0.4, -0.2) is 25.1 Å². The van der Waals surface area contributed by atoms with E-state index in [1.54, 1.807) is 14.2 Å². The largest absolute Gasteiger partial charge is 0.493 e. The Labute approximate surface area is 191 Å². The fourth-order valence-corrected chi connectivity index (χ4v) is 4.34. The van der Waals surface area contributed by atoms with Crippen LogP contribution in [-0.2, 0) is 11.2 Å². The summed E-state index contributed by atoms with van der Waals surface area (Å²) in [6, 6.07) is 21.3. The molecule has 4 aromatic rings. The van der Waals surface area contributed by atoms with E-state index in [9.17, 15) is 4.79 Å². The van der Waals surface area contributed by atoms with E-state index in [1.807, 2.05) is 60.7 Å². The van der Waals surface area contributed by atoms with Crippen LogP contribution in [0.3, 0.4) is 0 Å². The van der Waals surface area contributed by atoms with Gasteiger partial charge in [-0.05, 0) is 53.5 Å². The van der Waals surface area contributed by atoms with Crippen LogP contribution in [0, 0.1) is 0 Å². The zero-order valence-electron chi connectivity index (χ0n) is 18.2. The minimum Gasteiger partial charge on any atom is -0.493 e. The predicted molar refractivity (Wildman–Crippen MR) is 131 cm³/mol. The van der Waals surface area contributed by atoms with E-state index in [0.717, 1.165) is 27.8 Å². The lowest BCUT2D eigenvalue weighted by Crippen LogP contribution is -2.13. The summed E-state index contributed by atoms with van der Waals surface area (Å²) in [4.78, 5) is 17.9. The first kappa shape index (κ1) is 21.6. The molecule has 5 nitrogen and oxygen atoms in total. The van der Waals surface area contributed by atoms with Crippen LogP contribution in [0.25, 0.3) is 21.9 Å². The van der Waals surface area contributed by atoms with E-state index in [1.165, 1.54) is 16.9 Å². The number of aryl methyl sites for hydroxylation is 1. The van der Waals surface area contributed by atoms with E-state index in [4.69, 9.17) is 9.47 Å². The van der Waals surface area contributed by atoms with Crippen molar-refractivity contribution in [3.63, 3.8) is 0 Å². The Balaban J connectivity index is 1.69. The number of rotatable bonds is 7. The average molecular weight is 445 g/mol. The molecule has 4 rings (SSSR count). The number of carbonyl (C=O) groups is 1. The van der Waals surface area contributed by atoms with Gasteiger partial charge in [0.15, 0.2) is 16.6 Å². The molecular formula is C26H24N2O3S. The summed E-state index contributed by atoms with van der Waals surface area (Å²) in [6.45, 7) is 2.12. The maximum absolute atomic E-state index is 13.3. The van der Waals surface area contributed by atoms with Crippen LogP contribution in [0.2, 0.25) is 0 Å². The molecule has 1 aromatic heterocycles. The van der Waals surface area contributed by atoms with E-state index in [0.29, 0.717) is 22.2 Å². The fourth-order valence-electron chi connectivity index (χ4n) is 3.41. The van der Waals surface area contributed by atoms with Crippen molar-refractivity contribution < 1.29 is 14.3 Å². The molecule has 3 aromatic carbocycles. The van der Waals surface area contributed by atoms with Crippen molar-refractivity contribution in [3.05, 3.63) is 83.4 Å². The number of anilines is 1. The zero-order valence-corrected chi connectivity index (χ0v) is 19.0. The van der Waals surface area contributed by atoms with Crippen molar-refractivity contribution in [2.75, 3.05) is 19.5 Å². The van der Waals surface area contributed by atoms with Gasteiger partial charge < -0.3 is 9.47 Å². The third-order valence-corrected chi connectivity index (χ3v) is 6.06. The number of amides is 1. The van der Waals surface area contributed by atoms with Gasteiger partial charge in [0.1, 0.15) is 0 Å². The molecule has 0 aliphatic heterocycles. The highest BCUT2D eigenvalue weighted by Crippen LogP contribution is 2.31. The van der Waals surface area contributed by atoms with Crippen molar-refractivity contribution in [1.82, 2.24) is 4.98 Å². The number of benzene rings is 3. The van der Waals surface area contributed by atoms with Crippen molar-refractivity contribution in [2.45, 2.75) is 13.3 Å². The van der Waals surface area contributed by atoms with E-state index >= 15 is 0 Å². The summed E-state index contributed by atoms with van der Waals surface area (Å²) >= 11 is 1.48. The number of methoxy groups -OCH3 is 2. The van der Waals surface area contributed by atoms with E-state index in [2.05, 4.69) is 29.4 Å². The highest BCUT2D eigenvalue weighted by molar-refractivity contribution is 7.22. The Morgan fingerprint density at radius 1 is 1.00 bits per heavy atom. The first-order chi connectivity index (χ1) is 15.6. The van der Waals surface area contributed by atoms with Crippen LogP contribution in [0.1, 0.15) is 23.6 Å². The molecule has 0 saturated carbocycles. The number of nitrogens with zero attached hydrogens (tertiary/aromatic N) is 1. The average Bonchev–Trinajstić information content (AvgIpc) is 3.24. The molecule has 0 unspecified atom stereocenters. The number of thiazole rings is 1. The number of carbonyl (C=O) groups excluding carboxylic acids is 1. The van der Waals surface area contributed by atoms with Crippen molar-refractivity contribution in [3.8, 4) is 11.5 Å². The van der Waals surface area contributed by atoms with Gasteiger partial charge in [0.05, 0.1) is 24.4 Å². The Morgan fingerprint density at radius 2 is 1.78 bits per heavy atom. The van der Waals surface area contributed by atoms with Crippen LogP contribution in [0.5, 0.6) is 11.5 Å². The molecular weight excluding hydrogens is 420 g/mol. The maximum atomic E-state index is 13.3. The van der Waals surface area contributed by atoms with E-state index < -0.39 is 0 Å². The molecule has 1 amide bonds. The van der Waals surface area contributed by atoms with Gasteiger partial charge in [0.25, 0.3) is 5.91 Å². The molecule has 162 valence electrons. The second-order valence-electron chi connectivity index (χ2n) is 7.17. The number of fused-ring (bicyclic) bond motifs is 1. The number of hydrogen-bond donors (Lipinski definition) is 1. The smallest absolute Gasteiger partial charge is 0.258 e. The zero-order chi connectivity index (χ0) is 22.5. The standard InChI is InChI=1S/C26H24N2O3S/c1-4-17-10-12-21-24(16-17)32-26(27-21)28-25(29)20(19-8-6-5-7-9-19)14-18-11-13-22(30-2)23(15-18)31-3/h5-16H,4H2,1-3H3,(H,27,28,29)/b20-14+. The Bertz CT molecular complexity index is 1280. The van der Waals surface area contributed by atoms with Gasteiger partial charge in [-0.2, -0.15) is 0 Å². The molecule has 1 heterocycles. The minimum absolute atomic E-state index is 0.222. The molecule has 0 radical (unpaired) electrons. The Hall–Kier alpha value is -3.64. The molecule has 0 fully saturated rings. The summed E-state index contributed by atoms with van der Waals surface area (Å²) in [7, 11) is 3.19. The highest BCUT2D eigenvalue weighted by Gasteiger charge is 2.15. The van der Waals surface area contributed by atoms with Gasteiger partial charge in [-0.25, -0.2) is 4.98 Å². The summed E-state index contributed by atoms with van der Waals surface area (Å²) in [6.07, 6.45) is 2.80. The number of nitrogens with one attached hydrogen (secondary N) is 1. The van der Waals surface area contributed by atoms with Gasteiger partial charge in [0.2, 0.25) is 0 Å². The minimum atomic E-state index is -0.222. The molecule has 6 heteroatoms. The second-order valence-corrected chi connectivity index (χ2v) is 8.20. The third kappa shape index (κ3) is 4.65. The molecule has 0 spiro atoms. The first-order valence-electron chi connectivity index (χ1n) is 10.3.